The molecule has 0 unspecified atom stereocenters. The van der Waals surface area contributed by atoms with E-state index in [1.54, 1.807) is 12.1 Å². The Hall–Kier alpha value is -3.33. The summed E-state index contributed by atoms with van der Waals surface area (Å²) in [6, 6.07) is 13.1. The number of amides is 1. The van der Waals surface area contributed by atoms with Crippen LogP contribution in [-0.2, 0) is 19.6 Å². The van der Waals surface area contributed by atoms with Crippen molar-refractivity contribution in [1.29, 1.82) is 0 Å². The third-order valence-electron chi connectivity index (χ3n) is 4.74. The molecule has 8 nitrogen and oxygen atoms in total. The smallest absolute Gasteiger partial charge is 0.251 e. The summed E-state index contributed by atoms with van der Waals surface area (Å²) in [5.41, 5.74) is 1.42. The van der Waals surface area contributed by atoms with Crippen molar-refractivity contribution in [2.45, 2.75) is 26.5 Å². The van der Waals surface area contributed by atoms with E-state index in [0.717, 1.165) is 17.9 Å². The molecule has 0 aliphatic rings. The number of carbonyl (C=O) groups excluding carboxylic acids is 1. The normalized spacial score (nSPS) is 10.5. The number of aromatic amines is 1. The van der Waals surface area contributed by atoms with Crippen molar-refractivity contribution in [2.75, 3.05) is 20.8 Å². The van der Waals surface area contributed by atoms with E-state index in [0.29, 0.717) is 47.2 Å². The molecular weight excluding hydrogens is 416 g/mol. The van der Waals surface area contributed by atoms with Gasteiger partial charge >= 0.3 is 0 Å². The molecule has 0 aliphatic heterocycles. The number of aromatic nitrogens is 3. The summed E-state index contributed by atoms with van der Waals surface area (Å²) in [6.45, 7) is 3.48. The number of nitrogens with zero attached hydrogens (tertiary/aromatic N) is 2. The molecule has 31 heavy (non-hydrogen) atoms. The monoisotopic (exact) mass is 442 g/mol. The summed E-state index contributed by atoms with van der Waals surface area (Å²) in [7, 11) is 3.05. The van der Waals surface area contributed by atoms with Crippen molar-refractivity contribution in [2.24, 2.45) is 0 Å². The standard InChI is InChI=1S/C22H26N4O4S/c1-4-26-19(24-25-22(26)31)10-11-23-21(27)16-12-17(28-2)20(18(13-16)29-3)30-14-15-8-6-5-7-9-15/h5-9,12-13H,4,10-11,14H2,1-3H3,(H,23,27)(H,25,31). The highest BCUT2D eigenvalue weighted by Gasteiger charge is 2.18. The van der Waals surface area contributed by atoms with E-state index < -0.39 is 0 Å². The van der Waals surface area contributed by atoms with Crippen LogP contribution in [0.4, 0.5) is 0 Å². The number of methoxy groups -OCH3 is 2. The van der Waals surface area contributed by atoms with Crippen molar-refractivity contribution >= 4 is 18.1 Å². The Bertz CT molecular complexity index is 1050. The minimum Gasteiger partial charge on any atom is -0.493 e. The first kappa shape index (κ1) is 22.4. The van der Waals surface area contributed by atoms with Crippen LogP contribution in [0.15, 0.2) is 42.5 Å². The fourth-order valence-electron chi connectivity index (χ4n) is 3.14. The molecule has 0 saturated heterocycles. The van der Waals surface area contributed by atoms with Gasteiger partial charge in [-0.2, -0.15) is 5.10 Å². The molecular formula is C22H26N4O4S. The van der Waals surface area contributed by atoms with E-state index >= 15 is 0 Å². The second-order valence-corrected chi connectivity index (χ2v) is 7.07. The van der Waals surface area contributed by atoms with Gasteiger partial charge in [0, 0.05) is 25.1 Å². The van der Waals surface area contributed by atoms with Gasteiger partial charge in [0.2, 0.25) is 5.75 Å². The number of nitrogens with one attached hydrogen (secondary N) is 2. The van der Waals surface area contributed by atoms with Gasteiger partial charge in [-0.15, -0.1) is 0 Å². The first-order valence-electron chi connectivity index (χ1n) is 9.92. The fraction of sp³-hybridized carbons (Fsp3) is 0.318. The second-order valence-electron chi connectivity index (χ2n) is 6.68. The lowest BCUT2D eigenvalue weighted by atomic mass is 10.1. The molecule has 164 valence electrons. The number of carbonyl (C=O) groups is 1. The molecule has 2 N–H and O–H groups in total. The summed E-state index contributed by atoms with van der Waals surface area (Å²) in [5.74, 6) is 1.85. The second kappa shape index (κ2) is 10.6. The van der Waals surface area contributed by atoms with Gasteiger partial charge < -0.3 is 24.1 Å². The Morgan fingerprint density at radius 2 is 1.84 bits per heavy atom. The van der Waals surface area contributed by atoms with Gasteiger partial charge in [0.15, 0.2) is 16.3 Å². The van der Waals surface area contributed by atoms with Crippen LogP contribution in [0, 0.1) is 4.77 Å². The van der Waals surface area contributed by atoms with Gasteiger partial charge in [-0.25, -0.2) is 0 Å². The lowest BCUT2D eigenvalue weighted by Crippen LogP contribution is -2.26. The third-order valence-corrected chi connectivity index (χ3v) is 5.05. The molecule has 1 heterocycles. The summed E-state index contributed by atoms with van der Waals surface area (Å²) < 4.78 is 19.3. The highest BCUT2D eigenvalue weighted by molar-refractivity contribution is 7.71. The van der Waals surface area contributed by atoms with Crippen molar-refractivity contribution in [1.82, 2.24) is 20.1 Å². The Kier molecular flexibility index (Phi) is 7.66. The number of benzene rings is 2. The van der Waals surface area contributed by atoms with Crippen molar-refractivity contribution < 1.29 is 19.0 Å². The van der Waals surface area contributed by atoms with Gasteiger partial charge in [0.25, 0.3) is 5.91 Å². The molecule has 0 atom stereocenters. The Morgan fingerprint density at radius 1 is 1.16 bits per heavy atom. The molecule has 0 aliphatic carbocycles. The van der Waals surface area contributed by atoms with Crippen LogP contribution in [0.1, 0.15) is 28.7 Å². The van der Waals surface area contributed by atoms with Crippen LogP contribution >= 0.6 is 12.2 Å². The van der Waals surface area contributed by atoms with Crippen LogP contribution in [0.2, 0.25) is 0 Å². The topological polar surface area (TPSA) is 90.4 Å². The molecule has 0 saturated carbocycles. The molecule has 3 aromatic rings. The van der Waals surface area contributed by atoms with E-state index in [1.807, 2.05) is 41.8 Å². The highest BCUT2D eigenvalue weighted by Crippen LogP contribution is 2.39. The predicted molar refractivity (Wildman–Crippen MR) is 119 cm³/mol. The van der Waals surface area contributed by atoms with Crippen molar-refractivity contribution in [3.8, 4) is 17.2 Å². The fourth-order valence-corrected chi connectivity index (χ4v) is 3.42. The third kappa shape index (κ3) is 5.43. The molecule has 0 fully saturated rings. The minimum absolute atomic E-state index is 0.247. The molecule has 9 heteroatoms. The zero-order valence-electron chi connectivity index (χ0n) is 17.8. The van der Waals surface area contributed by atoms with Crippen LogP contribution in [0.5, 0.6) is 17.2 Å². The largest absolute Gasteiger partial charge is 0.493 e. The average molecular weight is 443 g/mol. The lowest BCUT2D eigenvalue weighted by molar-refractivity contribution is 0.0953. The maximum Gasteiger partial charge on any atom is 0.251 e. The number of rotatable bonds is 10. The number of ether oxygens (including phenoxy) is 3. The van der Waals surface area contributed by atoms with E-state index in [1.165, 1.54) is 14.2 Å². The first-order valence-corrected chi connectivity index (χ1v) is 10.3. The van der Waals surface area contributed by atoms with Gasteiger partial charge in [0.05, 0.1) is 14.2 Å². The summed E-state index contributed by atoms with van der Waals surface area (Å²) >= 11 is 5.19. The average Bonchev–Trinajstić information content (AvgIpc) is 3.16. The Labute approximate surface area is 186 Å². The van der Waals surface area contributed by atoms with Crippen molar-refractivity contribution in [3.05, 3.63) is 64.2 Å². The highest BCUT2D eigenvalue weighted by atomic mass is 32.1. The van der Waals surface area contributed by atoms with E-state index in [2.05, 4.69) is 15.5 Å². The number of H-pyrrole nitrogens is 1. The zero-order chi connectivity index (χ0) is 22.2. The Balaban J connectivity index is 1.70. The molecule has 0 bridgehead atoms. The van der Waals surface area contributed by atoms with Crippen LogP contribution in [-0.4, -0.2) is 41.4 Å². The van der Waals surface area contributed by atoms with Crippen LogP contribution in [0.25, 0.3) is 0 Å². The van der Waals surface area contributed by atoms with Gasteiger partial charge in [-0.05, 0) is 36.8 Å². The lowest BCUT2D eigenvalue weighted by Gasteiger charge is -2.16. The molecule has 0 spiro atoms. The number of hydrogen-bond donors (Lipinski definition) is 2. The number of hydrogen-bond acceptors (Lipinski definition) is 6. The van der Waals surface area contributed by atoms with Crippen LogP contribution in [0.3, 0.4) is 0 Å². The molecule has 1 aromatic heterocycles. The van der Waals surface area contributed by atoms with Gasteiger partial charge in [-0.1, -0.05) is 30.3 Å². The van der Waals surface area contributed by atoms with E-state index in [4.69, 9.17) is 26.4 Å². The maximum atomic E-state index is 12.7. The predicted octanol–water partition coefficient (Wildman–Crippen LogP) is 3.53. The maximum absolute atomic E-state index is 12.7. The first-order chi connectivity index (χ1) is 15.1. The summed E-state index contributed by atoms with van der Waals surface area (Å²) in [4.78, 5) is 12.7. The molecule has 1 amide bonds. The summed E-state index contributed by atoms with van der Waals surface area (Å²) in [6.07, 6.45) is 0.555. The van der Waals surface area contributed by atoms with Gasteiger partial charge in [-0.3, -0.25) is 9.89 Å². The molecule has 3 rings (SSSR count). The molecule has 2 aromatic carbocycles. The van der Waals surface area contributed by atoms with Crippen LogP contribution < -0.4 is 19.5 Å². The van der Waals surface area contributed by atoms with E-state index in [-0.39, 0.29) is 5.91 Å². The minimum atomic E-state index is -0.247. The SMILES string of the molecule is CCn1c(CCNC(=O)c2cc(OC)c(OCc3ccccc3)c(OC)c2)n[nH]c1=S. The molecule has 0 radical (unpaired) electrons. The Morgan fingerprint density at radius 3 is 2.45 bits per heavy atom. The van der Waals surface area contributed by atoms with Crippen molar-refractivity contribution in [3.63, 3.8) is 0 Å². The summed E-state index contributed by atoms with van der Waals surface area (Å²) in [5, 5.41) is 9.88. The van der Waals surface area contributed by atoms with Gasteiger partial charge in [0.1, 0.15) is 12.4 Å². The quantitative estimate of drug-likeness (QED) is 0.467. The van der Waals surface area contributed by atoms with E-state index in [9.17, 15) is 4.79 Å². The zero-order valence-corrected chi connectivity index (χ0v) is 18.6.